The van der Waals surface area contributed by atoms with Crippen LogP contribution in [0.15, 0.2) is 35.2 Å². The van der Waals surface area contributed by atoms with Gasteiger partial charge in [-0.3, -0.25) is 4.21 Å². The van der Waals surface area contributed by atoms with Crippen molar-refractivity contribution in [3.63, 3.8) is 0 Å². The summed E-state index contributed by atoms with van der Waals surface area (Å²) < 4.78 is 37.1. The molecule has 124 valence electrons. The van der Waals surface area contributed by atoms with Crippen molar-refractivity contribution in [3.05, 3.63) is 30.3 Å². The van der Waals surface area contributed by atoms with E-state index in [9.17, 15) is 12.6 Å². The fourth-order valence-corrected chi connectivity index (χ4v) is 4.35. The molecule has 1 saturated heterocycles. The highest BCUT2D eigenvalue weighted by molar-refractivity contribution is 7.88. The van der Waals surface area contributed by atoms with Gasteiger partial charge < -0.3 is 4.90 Å². The molecule has 5 nitrogen and oxygen atoms in total. The van der Waals surface area contributed by atoms with Crippen LogP contribution in [-0.4, -0.2) is 55.7 Å². The Bertz CT molecular complexity index is 590. The van der Waals surface area contributed by atoms with E-state index in [4.69, 9.17) is 0 Å². The number of rotatable bonds is 7. The molecule has 22 heavy (non-hydrogen) atoms. The fraction of sp³-hybridized carbons (Fsp3) is 0.600. The van der Waals surface area contributed by atoms with Crippen LogP contribution < -0.4 is 4.72 Å². The number of hydrogen-bond donors (Lipinski definition) is 1. The van der Waals surface area contributed by atoms with Crippen LogP contribution in [0.1, 0.15) is 12.8 Å². The highest BCUT2D eigenvalue weighted by atomic mass is 32.2. The van der Waals surface area contributed by atoms with E-state index in [1.54, 1.807) is 0 Å². The first-order valence-corrected chi connectivity index (χ1v) is 10.8. The standard InChI is InChI=1S/C15H24N2O3S2/c1-22(19,20)16-12-14-6-5-9-17(13-14)10-11-21(18)15-7-3-2-4-8-15/h2-4,7-8,14,16H,5-6,9-13H2,1H3/t14-,21+/m0/s1. The summed E-state index contributed by atoms with van der Waals surface area (Å²) in [6.45, 7) is 3.16. The number of likely N-dealkylation sites (tertiary alicyclic amines) is 1. The Kier molecular flexibility index (Phi) is 6.55. The molecule has 1 aliphatic rings. The molecule has 1 aromatic carbocycles. The molecule has 0 radical (unpaired) electrons. The Labute approximate surface area is 135 Å². The van der Waals surface area contributed by atoms with Gasteiger partial charge >= 0.3 is 0 Å². The van der Waals surface area contributed by atoms with Gasteiger partial charge in [0.1, 0.15) is 0 Å². The average molecular weight is 345 g/mol. The maximum Gasteiger partial charge on any atom is 0.208 e. The van der Waals surface area contributed by atoms with Gasteiger partial charge in [0.2, 0.25) is 10.0 Å². The summed E-state index contributed by atoms with van der Waals surface area (Å²) >= 11 is 0. The minimum atomic E-state index is -3.12. The maximum absolute atomic E-state index is 12.2. The Balaban J connectivity index is 1.77. The van der Waals surface area contributed by atoms with Gasteiger partial charge in [-0.1, -0.05) is 18.2 Å². The third kappa shape index (κ3) is 6.16. The molecule has 0 bridgehead atoms. The first-order chi connectivity index (χ1) is 10.4. The summed E-state index contributed by atoms with van der Waals surface area (Å²) in [5, 5.41) is 0. The van der Waals surface area contributed by atoms with Crippen molar-refractivity contribution in [3.8, 4) is 0 Å². The quantitative estimate of drug-likeness (QED) is 0.803. The van der Waals surface area contributed by atoms with E-state index < -0.39 is 20.8 Å². The lowest BCUT2D eigenvalue weighted by Gasteiger charge is -2.32. The van der Waals surface area contributed by atoms with Gasteiger partial charge in [-0.2, -0.15) is 0 Å². The normalized spacial score (nSPS) is 21.6. The maximum atomic E-state index is 12.2. The lowest BCUT2D eigenvalue weighted by atomic mass is 9.98. The van der Waals surface area contributed by atoms with E-state index in [0.29, 0.717) is 18.2 Å². The van der Waals surface area contributed by atoms with Crippen LogP contribution in [0.25, 0.3) is 0 Å². The second kappa shape index (κ2) is 8.19. The molecule has 2 atom stereocenters. The Morgan fingerprint density at radius 3 is 2.73 bits per heavy atom. The van der Waals surface area contributed by atoms with E-state index in [0.717, 1.165) is 37.4 Å². The molecule has 0 amide bonds. The predicted molar refractivity (Wildman–Crippen MR) is 89.7 cm³/mol. The van der Waals surface area contributed by atoms with Crippen molar-refractivity contribution in [1.29, 1.82) is 0 Å². The fourth-order valence-electron chi connectivity index (χ4n) is 2.69. The third-order valence-corrected chi connectivity index (χ3v) is 5.88. The molecule has 0 unspecified atom stereocenters. The lowest BCUT2D eigenvalue weighted by Crippen LogP contribution is -2.42. The Morgan fingerprint density at radius 2 is 2.05 bits per heavy atom. The lowest BCUT2D eigenvalue weighted by molar-refractivity contribution is 0.185. The highest BCUT2D eigenvalue weighted by Crippen LogP contribution is 2.16. The topological polar surface area (TPSA) is 66.5 Å². The largest absolute Gasteiger partial charge is 0.302 e. The predicted octanol–water partition coefficient (Wildman–Crippen LogP) is 1.06. The van der Waals surface area contributed by atoms with E-state index in [2.05, 4.69) is 9.62 Å². The smallest absolute Gasteiger partial charge is 0.208 e. The van der Waals surface area contributed by atoms with Gasteiger partial charge in [-0.25, -0.2) is 13.1 Å². The number of piperidine rings is 1. The molecule has 7 heteroatoms. The van der Waals surface area contributed by atoms with E-state index >= 15 is 0 Å². The van der Waals surface area contributed by atoms with Crippen LogP contribution >= 0.6 is 0 Å². The zero-order valence-corrected chi connectivity index (χ0v) is 14.5. The van der Waals surface area contributed by atoms with E-state index in [1.807, 2.05) is 30.3 Å². The van der Waals surface area contributed by atoms with Crippen molar-refractivity contribution >= 4 is 20.8 Å². The molecule has 0 aliphatic carbocycles. The van der Waals surface area contributed by atoms with Crippen LogP contribution in [-0.2, 0) is 20.8 Å². The minimum Gasteiger partial charge on any atom is -0.302 e. The molecule has 0 aromatic heterocycles. The monoisotopic (exact) mass is 344 g/mol. The van der Waals surface area contributed by atoms with Crippen molar-refractivity contribution in [2.75, 3.05) is 38.2 Å². The zero-order chi connectivity index (χ0) is 16.0. The summed E-state index contributed by atoms with van der Waals surface area (Å²) in [4.78, 5) is 3.16. The molecule has 1 N–H and O–H groups in total. The second-order valence-electron chi connectivity index (χ2n) is 5.79. The summed E-state index contributed by atoms with van der Waals surface area (Å²) in [5.41, 5.74) is 0. The molecule has 2 rings (SSSR count). The minimum absolute atomic E-state index is 0.341. The molecular weight excluding hydrogens is 320 g/mol. The molecule has 1 aliphatic heterocycles. The van der Waals surface area contributed by atoms with Gasteiger partial charge in [0, 0.05) is 30.3 Å². The van der Waals surface area contributed by atoms with Crippen molar-refractivity contribution in [2.45, 2.75) is 17.7 Å². The van der Waals surface area contributed by atoms with Gasteiger partial charge in [-0.05, 0) is 37.4 Å². The number of benzene rings is 1. The molecule has 1 fully saturated rings. The highest BCUT2D eigenvalue weighted by Gasteiger charge is 2.21. The van der Waals surface area contributed by atoms with E-state index in [1.165, 1.54) is 6.26 Å². The summed E-state index contributed by atoms with van der Waals surface area (Å²) in [6.07, 6.45) is 3.30. The van der Waals surface area contributed by atoms with Gasteiger partial charge in [0.15, 0.2) is 0 Å². The van der Waals surface area contributed by atoms with Crippen LogP contribution in [0.4, 0.5) is 0 Å². The molecule has 1 aromatic rings. The Morgan fingerprint density at radius 1 is 1.32 bits per heavy atom. The van der Waals surface area contributed by atoms with Crippen molar-refractivity contribution in [1.82, 2.24) is 9.62 Å². The molecule has 1 heterocycles. The van der Waals surface area contributed by atoms with Gasteiger partial charge in [0.25, 0.3) is 0 Å². The molecular formula is C15H24N2O3S2. The van der Waals surface area contributed by atoms with E-state index in [-0.39, 0.29) is 0 Å². The zero-order valence-electron chi connectivity index (χ0n) is 12.9. The average Bonchev–Trinajstić information content (AvgIpc) is 2.51. The van der Waals surface area contributed by atoms with Crippen molar-refractivity contribution in [2.24, 2.45) is 5.92 Å². The first-order valence-electron chi connectivity index (χ1n) is 7.54. The number of nitrogens with one attached hydrogen (secondary N) is 1. The Hall–Kier alpha value is -0.760. The number of nitrogens with zero attached hydrogens (tertiary/aromatic N) is 1. The molecule has 0 spiro atoms. The third-order valence-electron chi connectivity index (χ3n) is 3.84. The van der Waals surface area contributed by atoms with Crippen LogP contribution in [0.2, 0.25) is 0 Å². The summed E-state index contributed by atoms with van der Waals surface area (Å²) in [6, 6.07) is 9.52. The van der Waals surface area contributed by atoms with Crippen LogP contribution in [0.3, 0.4) is 0 Å². The molecule has 0 saturated carbocycles. The van der Waals surface area contributed by atoms with Crippen molar-refractivity contribution < 1.29 is 12.6 Å². The van der Waals surface area contributed by atoms with Crippen LogP contribution in [0.5, 0.6) is 0 Å². The van der Waals surface area contributed by atoms with Gasteiger partial charge in [0.05, 0.1) is 17.1 Å². The summed E-state index contributed by atoms with van der Waals surface area (Å²) in [7, 11) is -4.09. The summed E-state index contributed by atoms with van der Waals surface area (Å²) in [5.74, 6) is 0.963. The first kappa shape index (κ1) is 17.6. The van der Waals surface area contributed by atoms with Gasteiger partial charge in [-0.15, -0.1) is 0 Å². The second-order valence-corrected chi connectivity index (χ2v) is 9.20. The number of hydrogen-bond acceptors (Lipinski definition) is 4. The number of sulfonamides is 1. The SMILES string of the molecule is CS(=O)(=O)NC[C@@H]1CCCN(CC[S@@](=O)c2ccccc2)C1. The van der Waals surface area contributed by atoms with Crippen LogP contribution in [0, 0.1) is 5.92 Å².